The summed E-state index contributed by atoms with van der Waals surface area (Å²) < 4.78 is 16.8. The summed E-state index contributed by atoms with van der Waals surface area (Å²) in [5, 5.41) is 3.54. The zero-order valence-corrected chi connectivity index (χ0v) is 16.5. The van der Waals surface area contributed by atoms with Crippen LogP contribution < -0.4 is 15.6 Å². The minimum absolute atomic E-state index is 0.137. The number of carbonyl (C=O) groups excluding carboxylic acids is 1. The highest BCUT2D eigenvalue weighted by Crippen LogP contribution is 2.29. The van der Waals surface area contributed by atoms with Gasteiger partial charge in [0, 0.05) is 56.9 Å². The maximum Gasteiger partial charge on any atom is 0.259 e. The van der Waals surface area contributed by atoms with Crippen molar-refractivity contribution < 1.29 is 9.18 Å². The van der Waals surface area contributed by atoms with Crippen LogP contribution in [0.25, 0.3) is 10.9 Å². The molecule has 0 bridgehead atoms. The van der Waals surface area contributed by atoms with Gasteiger partial charge >= 0.3 is 0 Å². The van der Waals surface area contributed by atoms with Crippen molar-refractivity contribution in [2.45, 2.75) is 39.3 Å². The minimum atomic E-state index is -0.409. The topological polar surface area (TPSA) is 57.6 Å². The molecule has 2 fully saturated rings. The Hall–Kier alpha value is -2.41. The van der Waals surface area contributed by atoms with Crippen molar-refractivity contribution in [3.05, 3.63) is 39.9 Å². The van der Waals surface area contributed by atoms with Gasteiger partial charge in [0.05, 0.1) is 11.2 Å². The van der Waals surface area contributed by atoms with E-state index in [1.165, 1.54) is 6.07 Å². The molecule has 1 saturated carbocycles. The lowest BCUT2D eigenvalue weighted by atomic mass is 10.1. The average Bonchev–Trinajstić information content (AvgIpc) is 3.54. The standard InChI is InChI=1S/C21H27FN4O2/c1-3-24-13-16(21(28)26(4-2)14-5-6-14)20(27)15-11-17(22)19(12-18(15)24)25-9-7-23-8-10-25/h11-14,23H,3-10H2,1-2H3. The predicted molar refractivity (Wildman–Crippen MR) is 109 cm³/mol. The SMILES string of the molecule is CCN(C(=O)c1cn(CC)c2cc(N3CCNCC3)c(F)cc2c1=O)C1CC1. The van der Waals surface area contributed by atoms with E-state index in [9.17, 15) is 14.0 Å². The van der Waals surface area contributed by atoms with E-state index in [0.717, 1.165) is 39.0 Å². The van der Waals surface area contributed by atoms with Crippen molar-refractivity contribution in [3.63, 3.8) is 0 Å². The molecule has 0 radical (unpaired) electrons. The lowest BCUT2D eigenvalue weighted by molar-refractivity contribution is 0.0750. The average molecular weight is 386 g/mol. The van der Waals surface area contributed by atoms with E-state index >= 15 is 0 Å². The van der Waals surface area contributed by atoms with E-state index in [4.69, 9.17) is 0 Å². The molecular weight excluding hydrogens is 359 g/mol. The van der Waals surface area contributed by atoms with Crippen LogP contribution in [0.15, 0.2) is 23.1 Å². The normalized spacial score (nSPS) is 17.2. The van der Waals surface area contributed by atoms with E-state index < -0.39 is 5.82 Å². The van der Waals surface area contributed by atoms with E-state index in [0.29, 0.717) is 24.3 Å². The molecule has 1 saturated heterocycles. The third kappa shape index (κ3) is 3.28. The summed E-state index contributed by atoms with van der Waals surface area (Å²) in [6.45, 7) is 8.12. The fourth-order valence-corrected chi connectivity index (χ4v) is 4.07. The summed E-state index contributed by atoms with van der Waals surface area (Å²) in [6.07, 6.45) is 3.62. The second-order valence-electron chi connectivity index (χ2n) is 7.54. The van der Waals surface area contributed by atoms with Crippen molar-refractivity contribution >= 4 is 22.5 Å². The lowest BCUT2D eigenvalue weighted by Gasteiger charge is -2.30. The lowest BCUT2D eigenvalue weighted by Crippen LogP contribution is -2.44. The van der Waals surface area contributed by atoms with Crippen LogP contribution in [0, 0.1) is 5.82 Å². The van der Waals surface area contributed by atoms with Crippen LogP contribution in [-0.2, 0) is 6.54 Å². The molecule has 6 nitrogen and oxygen atoms in total. The van der Waals surface area contributed by atoms with Gasteiger partial charge in [-0.15, -0.1) is 0 Å². The van der Waals surface area contributed by atoms with Gasteiger partial charge in [-0.25, -0.2) is 4.39 Å². The Balaban J connectivity index is 1.83. The molecule has 1 N–H and O–H groups in total. The maximum absolute atomic E-state index is 14.9. The number of hydrogen-bond acceptors (Lipinski definition) is 4. The molecule has 7 heteroatoms. The van der Waals surface area contributed by atoms with Crippen molar-refractivity contribution in [3.8, 4) is 0 Å². The Labute approximate surface area is 163 Å². The Morgan fingerprint density at radius 3 is 2.57 bits per heavy atom. The minimum Gasteiger partial charge on any atom is -0.367 e. The molecule has 0 spiro atoms. The van der Waals surface area contributed by atoms with Crippen LogP contribution in [0.3, 0.4) is 0 Å². The van der Waals surface area contributed by atoms with Gasteiger partial charge in [-0.2, -0.15) is 0 Å². The summed E-state index contributed by atoms with van der Waals surface area (Å²) in [6, 6.07) is 3.30. The van der Waals surface area contributed by atoms with Gasteiger partial charge in [-0.3, -0.25) is 9.59 Å². The molecule has 1 amide bonds. The smallest absolute Gasteiger partial charge is 0.259 e. The first-order valence-electron chi connectivity index (χ1n) is 10.2. The third-order valence-electron chi connectivity index (χ3n) is 5.77. The number of nitrogens with one attached hydrogen (secondary N) is 1. The molecule has 4 rings (SSSR count). The Kier molecular flexibility index (Phi) is 5.10. The largest absolute Gasteiger partial charge is 0.367 e. The second-order valence-corrected chi connectivity index (χ2v) is 7.54. The molecule has 1 aliphatic heterocycles. The summed E-state index contributed by atoms with van der Waals surface area (Å²) >= 11 is 0. The highest BCUT2D eigenvalue weighted by atomic mass is 19.1. The number of amides is 1. The third-order valence-corrected chi connectivity index (χ3v) is 5.77. The molecule has 2 aromatic rings. The van der Waals surface area contributed by atoms with Crippen molar-refractivity contribution in [2.24, 2.45) is 0 Å². The van der Waals surface area contributed by atoms with Gasteiger partial charge in [-0.1, -0.05) is 0 Å². The Morgan fingerprint density at radius 2 is 1.96 bits per heavy atom. The monoisotopic (exact) mass is 386 g/mol. The first-order valence-corrected chi connectivity index (χ1v) is 10.2. The molecule has 28 heavy (non-hydrogen) atoms. The number of nitrogens with zero attached hydrogens (tertiary/aromatic N) is 3. The number of aromatic nitrogens is 1. The molecule has 2 aliphatic rings. The van der Waals surface area contributed by atoms with Gasteiger partial charge in [-0.05, 0) is 38.8 Å². The number of carbonyl (C=O) groups is 1. The van der Waals surface area contributed by atoms with Crippen LogP contribution in [-0.4, -0.2) is 54.1 Å². The molecule has 1 aliphatic carbocycles. The number of rotatable bonds is 5. The first kappa shape index (κ1) is 18.9. The molecule has 150 valence electrons. The predicted octanol–water partition coefficient (Wildman–Crippen LogP) is 2.19. The molecule has 2 heterocycles. The number of benzene rings is 1. The quantitative estimate of drug-likeness (QED) is 0.856. The maximum atomic E-state index is 14.9. The molecule has 0 unspecified atom stereocenters. The van der Waals surface area contributed by atoms with Gasteiger partial charge in [0.25, 0.3) is 5.91 Å². The highest BCUT2D eigenvalue weighted by Gasteiger charge is 2.33. The number of aryl methyl sites for hydroxylation is 1. The van der Waals surface area contributed by atoms with Crippen molar-refractivity contribution in [1.82, 2.24) is 14.8 Å². The fourth-order valence-electron chi connectivity index (χ4n) is 4.07. The van der Waals surface area contributed by atoms with Crippen LogP contribution >= 0.6 is 0 Å². The van der Waals surface area contributed by atoms with Gasteiger partial charge in [0.2, 0.25) is 5.43 Å². The Morgan fingerprint density at radius 1 is 1.25 bits per heavy atom. The molecule has 1 aromatic carbocycles. The zero-order chi connectivity index (χ0) is 19.8. The number of hydrogen-bond donors (Lipinski definition) is 1. The fraction of sp³-hybridized carbons (Fsp3) is 0.524. The number of fused-ring (bicyclic) bond motifs is 1. The van der Waals surface area contributed by atoms with Crippen molar-refractivity contribution in [1.29, 1.82) is 0 Å². The molecule has 1 aromatic heterocycles. The van der Waals surface area contributed by atoms with Crippen LogP contribution in [0.2, 0.25) is 0 Å². The Bertz CT molecular complexity index is 961. The molecular formula is C21H27FN4O2. The van der Waals surface area contributed by atoms with Crippen LogP contribution in [0.4, 0.5) is 10.1 Å². The summed E-state index contributed by atoms with van der Waals surface area (Å²) in [5.41, 5.74) is 0.947. The van der Waals surface area contributed by atoms with E-state index in [1.807, 2.05) is 23.3 Å². The van der Waals surface area contributed by atoms with E-state index in [-0.39, 0.29) is 28.3 Å². The van der Waals surface area contributed by atoms with Gasteiger partial charge in [0.1, 0.15) is 11.4 Å². The zero-order valence-electron chi connectivity index (χ0n) is 16.5. The number of pyridine rings is 1. The highest BCUT2D eigenvalue weighted by molar-refractivity contribution is 5.98. The van der Waals surface area contributed by atoms with E-state index in [1.54, 1.807) is 17.2 Å². The van der Waals surface area contributed by atoms with Crippen molar-refractivity contribution in [2.75, 3.05) is 37.6 Å². The summed E-state index contributed by atoms with van der Waals surface area (Å²) in [5.74, 6) is -0.654. The van der Waals surface area contributed by atoms with Crippen LogP contribution in [0.5, 0.6) is 0 Å². The van der Waals surface area contributed by atoms with E-state index in [2.05, 4.69) is 5.32 Å². The summed E-state index contributed by atoms with van der Waals surface area (Å²) in [4.78, 5) is 29.8. The number of piperazine rings is 1. The van der Waals surface area contributed by atoms with Gasteiger partial charge in [0.15, 0.2) is 0 Å². The second kappa shape index (κ2) is 7.54. The number of halogens is 1. The van der Waals surface area contributed by atoms with Gasteiger partial charge < -0.3 is 19.7 Å². The molecule has 0 atom stereocenters. The van der Waals surface area contributed by atoms with Crippen LogP contribution in [0.1, 0.15) is 37.0 Å². The summed E-state index contributed by atoms with van der Waals surface area (Å²) in [7, 11) is 0. The first-order chi connectivity index (χ1) is 13.5. The number of anilines is 1.